The Morgan fingerprint density at radius 1 is 1.11 bits per heavy atom. The molecule has 0 aliphatic heterocycles. The highest BCUT2D eigenvalue weighted by atomic mass is 35.5. The molecule has 0 spiro atoms. The van der Waals surface area contributed by atoms with E-state index in [1.165, 1.54) is 6.08 Å². The number of benzene rings is 2. The molecule has 0 aromatic heterocycles. The molecule has 0 aliphatic carbocycles. The smallest absolute Gasteiger partial charge is 0.331 e. The quantitative estimate of drug-likeness (QED) is 0.523. The van der Waals surface area contributed by atoms with Crippen LogP contribution in [0.3, 0.4) is 0 Å². The van der Waals surface area contributed by atoms with Crippen LogP contribution in [0.1, 0.15) is 18.1 Å². The minimum Gasteiger partial charge on any atom is -0.494 e. The maximum atomic E-state index is 12.0. The molecule has 27 heavy (non-hydrogen) atoms. The minimum atomic E-state index is -0.638. The van der Waals surface area contributed by atoms with E-state index in [0.717, 1.165) is 16.9 Å². The van der Waals surface area contributed by atoms with E-state index in [0.29, 0.717) is 22.3 Å². The van der Waals surface area contributed by atoms with E-state index in [1.807, 2.05) is 19.1 Å². The highest BCUT2D eigenvalue weighted by molar-refractivity contribution is 6.40. The third kappa shape index (κ3) is 6.31. The van der Waals surface area contributed by atoms with E-state index in [9.17, 15) is 9.59 Å². The molecule has 0 saturated carbocycles. The molecule has 7 heteroatoms. The Kier molecular flexibility index (Phi) is 7.70. The minimum absolute atomic E-state index is 0.296. The van der Waals surface area contributed by atoms with Crippen molar-refractivity contribution in [2.75, 3.05) is 18.5 Å². The predicted molar refractivity (Wildman–Crippen MR) is 107 cm³/mol. The Balaban J connectivity index is 1.86. The molecule has 0 aliphatic rings. The maximum absolute atomic E-state index is 12.0. The van der Waals surface area contributed by atoms with Crippen LogP contribution in [-0.4, -0.2) is 25.1 Å². The SMILES string of the molecule is CCOc1ccc(/C=C/C(=O)OCC(=O)Nc2c(Cl)ccc(C)c2Cl)cc1. The first kappa shape index (κ1) is 20.8. The normalized spacial score (nSPS) is 10.7. The lowest BCUT2D eigenvalue weighted by atomic mass is 10.2. The fourth-order valence-corrected chi connectivity index (χ4v) is 2.60. The fourth-order valence-electron chi connectivity index (χ4n) is 2.14. The van der Waals surface area contributed by atoms with Crippen LogP contribution < -0.4 is 10.1 Å². The van der Waals surface area contributed by atoms with Gasteiger partial charge in [-0.1, -0.05) is 41.4 Å². The number of ether oxygens (including phenoxy) is 2. The van der Waals surface area contributed by atoms with E-state index in [-0.39, 0.29) is 0 Å². The Morgan fingerprint density at radius 3 is 2.48 bits per heavy atom. The second-order valence-electron chi connectivity index (χ2n) is 5.54. The molecular weight excluding hydrogens is 389 g/mol. The molecule has 2 rings (SSSR count). The Labute approximate surface area is 167 Å². The summed E-state index contributed by atoms with van der Waals surface area (Å²) in [7, 11) is 0. The second kappa shape index (κ2) is 10.00. The highest BCUT2D eigenvalue weighted by Crippen LogP contribution is 2.32. The maximum Gasteiger partial charge on any atom is 0.331 e. The van der Waals surface area contributed by atoms with Gasteiger partial charge in [0, 0.05) is 6.08 Å². The van der Waals surface area contributed by atoms with Gasteiger partial charge in [0.2, 0.25) is 0 Å². The van der Waals surface area contributed by atoms with Crippen LogP contribution in [0.15, 0.2) is 42.5 Å². The molecule has 0 saturated heterocycles. The first-order chi connectivity index (χ1) is 12.9. The summed E-state index contributed by atoms with van der Waals surface area (Å²) >= 11 is 12.2. The molecule has 142 valence electrons. The van der Waals surface area contributed by atoms with E-state index in [4.69, 9.17) is 32.7 Å². The van der Waals surface area contributed by atoms with Crippen LogP contribution in [-0.2, 0) is 14.3 Å². The van der Waals surface area contributed by atoms with Crippen molar-refractivity contribution >= 4 is 46.8 Å². The van der Waals surface area contributed by atoms with Crippen molar-refractivity contribution < 1.29 is 19.1 Å². The molecule has 0 bridgehead atoms. The van der Waals surface area contributed by atoms with Crippen LogP contribution in [0, 0.1) is 6.92 Å². The van der Waals surface area contributed by atoms with Crippen molar-refractivity contribution in [3.63, 3.8) is 0 Å². The number of anilines is 1. The van der Waals surface area contributed by atoms with Gasteiger partial charge in [0.15, 0.2) is 6.61 Å². The summed E-state index contributed by atoms with van der Waals surface area (Å²) in [5.74, 6) is -0.421. The Bertz CT molecular complexity index is 848. The zero-order valence-corrected chi connectivity index (χ0v) is 16.4. The summed E-state index contributed by atoms with van der Waals surface area (Å²) in [6.07, 6.45) is 2.83. The van der Waals surface area contributed by atoms with Gasteiger partial charge < -0.3 is 14.8 Å². The molecule has 1 N–H and O–H groups in total. The fraction of sp³-hybridized carbons (Fsp3) is 0.200. The zero-order chi connectivity index (χ0) is 19.8. The van der Waals surface area contributed by atoms with Gasteiger partial charge in [-0.05, 0) is 49.2 Å². The monoisotopic (exact) mass is 407 g/mol. The molecule has 0 radical (unpaired) electrons. The van der Waals surface area contributed by atoms with Crippen molar-refractivity contribution in [1.82, 2.24) is 0 Å². The molecule has 2 aromatic carbocycles. The average molecular weight is 408 g/mol. The number of esters is 1. The lowest BCUT2D eigenvalue weighted by Crippen LogP contribution is -2.20. The molecule has 0 unspecified atom stereocenters. The summed E-state index contributed by atoms with van der Waals surface area (Å²) in [6, 6.07) is 10.6. The molecule has 0 fully saturated rings. The Morgan fingerprint density at radius 2 is 1.81 bits per heavy atom. The summed E-state index contributed by atoms with van der Waals surface area (Å²) in [6.45, 7) is 3.83. The summed E-state index contributed by atoms with van der Waals surface area (Å²) in [4.78, 5) is 23.7. The second-order valence-corrected chi connectivity index (χ2v) is 6.33. The Hall–Kier alpha value is -2.50. The van der Waals surface area contributed by atoms with Crippen LogP contribution >= 0.6 is 23.2 Å². The predicted octanol–water partition coefficient (Wildman–Crippen LogP) is 4.90. The lowest BCUT2D eigenvalue weighted by molar-refractivity contribution is -0.142. The summed E-state index contributed by atoms with van der Waals surface area (Å²) < 4.78 is 10.3. The van der Waals surface area contributed by atoms with Crippen molar-refractivity contribution in [2.24, 2.45) is 0 Å². The molecule has 1 amide bonds. The van der Waals surface area contributed by atoms with Crippen LogP contribution in [0.4, 0.5) is 5.69 Å². The summed E-state index contributed by atoms with van der Waals surface area (Å²) in [5.41, 5.74) is 1.87. The zero-order valence-electron chi connectivity index (χ0n) is 14.9. The average Bonchev–Trinajstić information content (AvgIpc) is 2.66. The van der Waals surface area contributed by atoms with E-state index in [1.54, 1.807) is 37.3 Å². The van der Waals surface area contributed by atoms with Gasteiger partial charge in [-0.3, -0.25) is 4.79 Å². The number of carbonyl (C=O) groups is 2. The van der Waals surface area contributed by atoms with Gasteiger partial charge in [-0.2, -0.15) is 0 Å². The van der Waals surface area contributed by atoms with Gasteiger partial charge in [0.25, 0.3) is 5.91 Å². The van der Waals surface area contributed by atoms with Crippen molar-refractivity contribution in [3.05, 3.63) is 63.6 Å². The van der Waals surface area contributed by atoms with E-state index < -0.39 is 18.5 Å². The lowest BCUT2D eigenvalue weighted by Gasteiger charge is -2.11. The van der Waals surface area contributed by atoms with Crippen molar-refractivity contribution in [2.45, 2.75) is 13.8 Å². The topological polar surface area (TPSA) is 64.6 Å². The molecule has 2 aromatic rings. The number of nitrogens with one attached hydrogen (secondary N) is 1. The number of halogens is 2. The number of carbonyl (C=O) groups excluding carboxylic acids is 2. The number of amides is 1. The number of aryl methyl sites for hydroxylation is 1. The van der Waals surface area contributed by atoms with Gasteiger partial charge in [0.05, 0.1) is 22.3 Å². The van der Waals surface area contributed by atoms with Gasteiger partial charge in [-0.25, -0.2) is 4.79 Å². The van der Waals surface area contributed by atoms with Crippen LogP contribution in [0.5, 0.6) is 5.75 Å². The molecule has 5 nitrogen and oxygen atoms in total. The number of rotatable bonds is 7. The van der Waals surface area contributed by atoms with Crippen molar-refractivity contribution in [1.29, 1.82) is 0 Å². The van der Waals surface area contributed by atoms with Crippen molar-refractivity contribution in [3.8, 4) is 5.75 Å². The van der Waals surface area contributed by atoms with E-state index >= 15 is 0 Å². The van der Waals surface area contributed by atoms with E-state index in [2.05, 4.69) is 5.32 Å². The molecule has 0 atom stereocenters. The third-order valence-electron chi connectivity index (χ3n) is 3.50. The first-order valence-electron chi connectivity index (χ1n) is 8.23. The van der Waals surface area contributed by atoms with Gasteiger partial charge >= 0.3 is 5.97 Å². The molecular formula is C20H19Cl2NO4. The van der Waals surface area contributed by atoms with Gasteiger partial charge in [0.1, 0.15) is 5.75 Å². The summed E-state index contributed by atoms with van der Waals surface area (Å²) in [5, 5.41) is 3.20. The largest absolute Gasteiger partial charge is 0.494 e. The number of hydrogen-bond acceptors (Lipinski definition) is 4. The standard InChI is InChI=1S/C20H19Cl2NO4/c1-3-26-15-8-5-14(6-9-15)7-11-18(25)27-12-17(24)23-20-16(21)10-4-13(2)19(20)22/h4-11H,3,12H2,1-2H3,(H,23,24)/b11-7+. The first-order valence-corrected chi connectivity index (χ1v) is 8.98. The van der Waals surface area contributed by atoms with Crippen LogP contribution in [0.25, 0.3) is 6.08 Å². The highest BCUT2D eigenvalue weighted by Gasteiger charge is 2.13. The molecule has 0 heterocycles. The van der Waals surface area contributed by atoms with Gasteiger partial charge in [-0.15, -0.1) is 0 Å². The number of hydrogen-bond donors (Lipinski definition) is 1. The third-order valence-corrected chi connectivity index (χ3v) is 4.30. The van der Waals surface area contributed by atoms with Crippen LogP contribution in [0.2, 0.25) is 10.0 Å².